The van der Waals surface area contributed by atoms with Gasteiger partial charge in [-0.25, -0.2) is 9.59 Å². The van der Waals surface area contributed by atoms with Gasteiger partial charge in [-0.15, -0.1) is 0 Å². The van der Waals surface area contributed by atoms with Crippen molar-refractivity contribution in [1.82, 2.24) is 5.32 Å². The zero-order chi connectivity index (χ0) is 21.0. The quantitative estimate of drug-likeness (QED) is 0.193. The van der Waals surface area contributed by atoms with Gasteiger partial charge >= 0.3 is 35.9 Å². The molecule has 0 aliphatic rings. The van der Waals surface area contributed by atoms with Crippen molar-refractivity contribution in [1.29, 1.82) is 0 Å². The van der Waals surface area contributed by atoms with Crippen molar-refractivity contribution in [2.45, 2.75) is 31.3 Å². The summed E-state index contributed by atoms with van der Waals surface area (Å²) >= 11 is 0. The molecule has 9 N–H and O–H groups in total. The van der Waals surface area contributed by atoms with Gasteiger partial charge in [0.2, 0.25) is 0 Å². The van der Waals surface area contributed by atoms with Crippen LogP contribution in [-0.4, -0.2) is 78.7 Å². The van der Waals surface area contributed by atoms with E-state index in [0.717, 1.165) is 0 Å². The molecule has 0 bridgehead atoms. The minimum absolute atomic E-state index is 0.267. The summed E-state index contributed by atoms with van der Waals surface area (Å²) in [5.74, 6) is -8.94. The molecule has 0 heterocycles. The average molecular weight is 382 g/mol. The summed E-state index contributed by atoms with van der Waals surface area (Å²) in [7, 11) is 0. The molecular formula is C12H18N2O12. The van der Waals surface area contributed by atoms with E-state index in [-0.39, 0.29) is 6.42 Å². The molecule has 0 rings (SSSR count). The number of aliphatic carboxylic acids is 5. The summed E-state index contributed by atoms with van der Waals surface area (Å²) in [6.07, 6.45) is -2.77. The van der Waals surface area contributed by atoms with Gasteiger partial charge in [0.25, 0.3) is 0 Å². The summed E-state index contributed by atoms with van der Waals surface area (Å²) in [6, 6.07) is -2.84. The molecule has 0 aliphatic heterocycles. The normalized spacial score (nSPS) is 12.1. The molecule has 14 heteroatoms. The highest BCUT2D eigenvalue weighted by atomic mass is 16.4. The monoisotopic (exact) mass is 382 g/mol. The van der Waals surface area contributed by atoms with Crippen LogP contribution in [-0.2, 0) is 24.0 Å². The van der Waals surface area contributed by atoms with Crippen LogP contribution in [0, 0.1) is 5.92 Å². The number of hydrogen-bond acceptors (Lipinski definition) is 7. The number of nitrogens with two attached hydrogens (primary N) is 1. The maximum absolute atomic E-state index is 10.3. The fraction of sp³-hybridized carbons (Fsp3) is 0.500. The van der Waals surface area contributed by atoms with E-state index < -0.39 is 66.8 Å². The van der Waals surface area contributed by atoms with Crippen molar-refractivity contribution in [3.8, 4) is 0 Å². The highest BCUT2D eigenvalue weighted by Crippen LogP contribution is 2.06. The first kappa shape index (κ1) is 24.8. The largest absolute Gasteiger partial charge is 0.481 e. The van der Waals surface area contributed by atoms with Crippen molar-refractivity contribution in [3.05, 3.63) is 0 Å². The molecule has 0 saturated carbocycles. The number of rotatable bonds is 10. The Labute approximate surface area is 144 Å². The van der Waals surface area contributed by atoms with E-state index >= 15 is 0 Å². The Hall–Kier alpha value is -3.42. The lowest BCUT2D eigenvalue weighted by Gasteiger charge is -2.09. The van der Waals surface area contributed by atoms with Gasteiger partial charge in [-0.3, -0.25) is 19.2 Å². The highest BCUT2D eigenvalue weighted by molar-refractivity contribution is 5.93. The van der Waals surface area contributed by atoms with Crippen LogP contribution >= 0.6 is 0 Å². The van der Waals surface area contributed by atoms with Crippen LogP contribution in [0.1, 0.15) is 19.3 Å². The maximum atomic E-state index is 10.3. The molecule has 0 aromatic carbocycles. The lowest BCUT2D eigenvalue weighted by molar-refractivity contribution is -0.155. The number of hydrogen-bond donors (Lipinski definition) is 8. The molecule has 2 atom stereocenters. The lowest BCUT2D eigenvalue weighted by Crippen LogP contribution is -2.40. The number of nitrogens with one attached hydrogen (secondary N) is 1. The predicted octanol–water partition coefficient (Wildman–Crippen LogP) is -1.85. The fourth-order valence-corrected chi connectivity index (χ4v) is 1.34. The van der Waals surface area contributed by atoms with E-state index in [1.165, 1.54) is 0 Å². The Balaban J connectivity index is 0. The van der Waals surface area contributed by atoms with Crippen LogP contribution in [0.2, 0.25) is 0 Å². The topological polar surface area (TPSA) is 262 Å². The molecule has 0 saturated heterocycles. The van der Waals surface area contributed by atoms with Gasteiger partial charge in [0.05, 0.1) is 0 Å². The molecule has 0 radical (unpaired) electrons. The molecule has 0 aliphatic carbocycles. The van der Waals surface area contributed by atoms with Crippen LogP contribution in [0.5, 0.6) is 0 Å². The Morgan fingerprint density at radius 3 is 1.50 bits per heavy atom. The van der Waals surface area contributed by atoms with Crippen LogP contribution in [0.4, 0.5) is 4.79 Å². The van der Waals surface area contributed by atoms with E-state index in [0.29, 0.717) is 0 Å². The van der Waals surface area contributed by atoms with Crippen LogP contribution in [0.3, 0.4) is 0 Å². The van der Waals surface area contributed by atoms with Crippen LogP contribution in [0.15, 0.2) is 0 Å². The van der Waals surface area contributed by atoms with E-state index in [9.17, 15) is 28.8 Å². The SMILES string of the molecule is NC(CC(C(=O)O)C(=O)O)C(=O)O.O=C(O)CC[C@H](NC(=O)O)C(=O)O. The van der Waals surface area contributed by atoms with E-state index in [4.69, 9.17) is 36.4 Å². The average Bonchev–Trinajstić information content (AvgIpc) is 2.47. The van der Waals surface area contributed by atoms with Gasteiger partial charge in [0.15, 0.2) is 5.92 Å². The molecule has 1 amide bonds. The second-order valence-corrected chi connectivity index (χ2v) is 4.68. The summed E-state index contributed by atoms with van der Waals surface area (Å²) in [5, 5.41) is 51.5. The standard InChI is InChI=1S/2C6H9NO6/c8-4(9)2-1-3(5(10)11)7-6(12)13;7-3(6(12)13)1-2(4(8)9)5(10)11/h3,7H,1-2H2,(H,8,9)(H,10,11)(H,12,13);2-3H,1,7H2,(H,8,9)(H,10,11)(H,12,13)/t3-;/m0./s1. The third kappa shape index (κ3) is 12.1. The van der Waals surface area contributed by atoms with Gasteiger partial charge in [-0.2, -0.15) is 0 Å². The molecule has 0 fully saturated rings. The van der Waals surface area contributed by atoms with Gasteiger partial charge < -0.3 is 41.7 Å². The van der Waals surface area contributed by atoms with Gasteiger partial charge in [0, 0.05) is 6.42 Å². The minimum Gasteiger partial charge on any atom is -0.481 e. The third-order valence-electron chi connectivity index (χ3n) is 2.65. The van der Waals surface area contributed by atoms with Crippen molar-refractivity contribution in [2.75, 3.05) is 0 Å². The van der Waals surface area contributed by atoms with Gasteiger partial charge in [0.1, 0.15) is 12.1 Å². The third-order valence-corrected chi connectivity index (χ3v) is 2.65. The molecule has 148 valence electrons. The first-order valence-corrected chi connectivity index (χ1v) is 6.67. The van der Waals surface area contributed by atoms with Crippen molar-refractivity contribution < 1.29 is 59.4 Å². The van der Waals surface area contributed by atoms with Crippen LogP contribution < -0.4 is 11.1 Å². The van der Waals surface area contributed by atoms with Gasteiger partial charge in [-0.1, -0.05) is 0 Å². The molecular weight excluding hydrogens is 364 g/mol. The minimum atomic E-state index is -1.77. The second-order valence-electron chi connectivity index (χ2n) is 4.68. The Morgan fingerprint density at radius 2 is 1.23 bits per heavy atom. The number of carbonyl (C=O) groups is 6. The summed E-state index contributed by atoms with van der Waals surface area (Å²) in [5.41, 5.74) is 4.97. The van der Waals surface area contributed by atoms with Crippen molar-refractivity contribution in [3.63, 3.8) is 0 Å². The first-order chi connectivity index (χ1) is 11.8. The van der Waals surface area contributed by atoms with Crippen molar-refractivity contribution in [2.24, 2.45) is 11.7 Å². The number of carboxylic acid groups (broad SMARTS) is 6. The Kier molecular flexibility index (Phi) is 11.5. The summed E-state index contributed by atoms with van der Waals surface area (Å²) in [6.45, 7) is 0. The zero-order valence-electron chi connectivity index (χ0n) is 13.1. The summed E-state index contributed by atoms with van der Waals surface area (Å²) in [4.78, 5) is 61.1. The second kappa shape index (κ2) is 12.0. The molecule has 0 aromatic rings. The molecule has 26 heavy (non-hydrogen) atoms. The van der Waals surface area contributed by atoms with Crippen molar-refractivity contribution >= 4 is 35.9 Å². The van der Waals surface area contributed by atoms with E-state index in [1.807, 2.05) is 0 Å². The zero-order valence-corrected chi connectivity index (χ0v) is 13.1. The highest BCUT2D eigenvalue weighted by Gasteiger charge is 2.30. The fourth-order valence-electron chi connectivity index (χ4n) is 1.34. The number of carboxylic acids is 5. The number of amides is 1. The molecule has 0 aromatic heterocycles. The predicted molar refractivity (Wildman–Crippen MR) is 78.4 cm³/mol. The molecule has 1 unspecified atom stereocenters. The maximum Gasteiger partial charge on any atom is 0.405 e. The molecule has 0 spiro atoms. The van der Waals surface area contributed by atoms with E-state index in [1.54, 1.807) is 5.32 Å². The Morgan fingerprint density at radius 1 is 0.769 bits per heavy atom. The van der Waals surface area contributed by atoms with E-state index in [2.05, 4.69) is 0 Å². The summed E-state index contributed by atoms with van der Waals surface area (Å²) < 4.78 is 0. The molecule has 14 nitrogen and oxygen atoms in total. The lowest BCUT2D eigenvalue weighted by atomic mass is 10.0. The van der Waals surface area contributed by atoms with Crippen LogP contribution in [0.25, 0.3) is 0 Å². The smallest absolute Gasteiger partial charge is 0.405 e. The van der Waals surface area contributed by atoms with Gasteiger partial charge in [-0.05, 0) is 12.8 Å². The Bertz CT molecular complexity index is 546. The first-order valence-electron chi connectivity index (χ1n) is 6.67.